The summed E-state index contributed by atoms with van der Waals surface area (Å²) >= 11 is 0. The number of hydrogen-bond donors (Lipinski definition) is 1. The van der Waals surface area contributed by atoms with Gasteiger partial charge in [0.05, 0.1) is 6.54 Å². The first-order chi connectivity index (χ1) is 9.38. The summed E-state index contributed by atoms with van der Waals surface area (Å²) in [6.45, 7) is 7.74. The summed E-state index contributed by atoms with van der Waals surface area (Å²) in [5, 5.41) is 12.2. The van der Waals surface area contributed by atoms with Crippen molar-refractivity contribution in [1.29, 1.82) is 0 Å². The van der Waals surface area contributed by atoms with E-state index in [2.05, 4.69) is 31.9 Å². The van der Waals surface area contributed by atoms with Crippen LogP contribution >= 0.6 is 0 Å². The predicted octanol–water partition coefficient (Wildman–Crippen LogP) is 1.19. The number of rotatable bonds is 5. The molecule has 0 radical (unpaired) electrons. The maximum atomic E-state index is 4.34. The number of hydrogen-bond acceptors (Lipinski definition) is 4. The first-order valence-electron chi connectivity index (χ1n) is 7.74. The van der Waals surface area contributed by atoms with Gasteiger partial charge < -0.3 is 9.88 Å². The number of aromatic nitrogens is 3. The van der Waals surface area contributed by atoms with Gasteiger partial charge in [0, 0.05) is 25.6 Å². The van der Waals surface area contributed by atoms with Gasteiger partial charge in [0.2, 0.25) is 0 Å². The Morgan fingerprint density at radius 3 is 3.05 bits per heavy atom. The summed E-state index contributed by atoms with van der Waals surface area (Å²) in [4.78, 5) is 2.58. The number of likely N-dealkylation sites (tertiary alicyclic amines) is 1. The second-order valence-corrected chi connectivity index (χ2v) is 5.70. The molecule has 1 unspecified atom stereocenters. The molecule has 1 N–H and O–H groups in total. The van der Waals surface area contributed by atoms with Crippen molar-refractivity contribution in [3.8, 4) is 0 Å². The zero-order valence-electron chi connectivity index (χ0n) is 11.9. The van der Waals surface area contributed by atoms with E-state index in [-0.39, 0.29) is 0 Å². The fourth-order valence-electron chi connectivity index (χ4n) is 3.39. The lowest BCUT2D eigenvalue weighted by molar-refractivity contribution is 0.259. The highest BCUT2D eigenvalue weighted by Crippen LogP contribution is 2.16. The van der Waals surface area contributed by atoms with Gasteiger partial charge in [0.15, 0.2) is 0 Å². The van der Waals surface area contributed by atoms with Crippen LogP contribution in [-0.2, 0) is 19.5 Å². The van der Waals surface area contributed by atoms with Gasteiger partial charge in [-0.05, 0) is 38.8 Å². The van der Waals surface area contributed by atoms with Crippen molar-refractivity contribution in [2.75, 3.05) is 19.6 Å². The summed E-state index contributed by atoms with van der Waals surface area (Å²) in [6.07, 6.45) is 6.31. The van der Waals surface area contributed by atoms with E-state index in [0.29, 0.717) is 6.04 Å². The molecule has 0 spiro atoms. The molecule has 3 heterocycles. The SMILES string of the molecule is CCN1CCCC1CNCc1nnc2n1CCCC2. The molecule has 1 saturated heterocycles. The molecular weight excluding hydrogens is 238 g/mol. The molecule has 5 nitrogen and oxygen atoms in total. The lowest BCUT2D eigenvalue weighted by Crippen LogP contribution is -2.37. The van der Waals surface area contributed by atoms with Crippen LogP contribution in [0.15, 0.2) is 0 Å². The monoisotopic (exact) mass is 263 g/mol. The molecule has 2 aliphatic heterocycles. The van der Waals surface area contributed by atoms with Gasteiger partial charge in [-0.1, -0.05) is 6.92 Å². The first-order valence-corrected chi connectivity index (χ1v) is 7.74. The van der Waals surface area contributed by atoms with Crippen LogP contribution in [0.25, 0.3) is 0 Å². The lowest BCUT2D eigenvalue weighted by Gasteiger charge is -2.23. The Morgan fingerprint density at radius 2 is 2.16 bits per heavy atom. The third kappa shape index (κ3) is 2.82. The number of likely N-dealkylation sites (N-methyl/N-ethyl adjacent to an activating group) is 1. The lowest BCUT2D eigenvalue weighted by atomic mass is 10.1. The third-order valence-electron chi connectivity index (χ3n) is 4.50. The van der Waals surface area contributed by atoms with E-state index in [1.54, 1.807) is 0 Å². The van der Waals surface area contributed by atoms with E-state index in [1.807, 2.05) is 0 Å². The number of nitrogens with one attached hydrogen (secondary N) is 1. The van der Waals surface area contributed by atoms with E-state index in [9.17, 15) is 0 Å². The Bertz CT molecular complexity index is 414. The zero-order valence-corrected chi connectivity index (χ0v) is 11.9. The second-order valence-electron chi connectivity index (χ2n) is 5.70. The first kappa shape index (κ1) is 13.1. The van der Waals surface area contributed by atoms with Gasteiger partial charge in [-0.25, -0.2) is 0 Å². The minimum Gasteiger partial charge on any atom is -0.314 e. The molecule has 1 fully saturated rings. The molecule has 1 aromatic rings. The Morgan fingerprint density at radius 1 is 1.21 bits per heavy atom. The Hall–Kier alpha value is -0.940. The number of aryl methyl sites for hydroxylation is 1. The molecule has 0 aliphatic carbocycles. The smallest absolute Gasteiger partial charge is 0.147 e. The van der Waals surface area contributed by atoms with E-state index in [4.69, 9.17) is 0 Å². The summed E-state index contributed by atoms with van der Waals surface area (Å²) in [5.41, 5.74) is 0. The fourth-order valence-corrected chi connectivity index (χ4v) is 3.39. The quantitative estimate of drug-likeness (QED) is 0.867. The molecule has 106 valence electrons. The topological polar surface area (TPSA) is 46.0 Å². The molecular formula is C14H25N5. The molecule has 1 aromatic heterocycles. The van der Waals surface area contributed by atoms with E-state index in [0.717, 1.165) is 31.9 Å². The molecule has 3 rings (SSSR count). The number of fused-ring (bicyclic) bond motifs is 1. The average Bonchev–Trinajstić information content (AvgIpc) is 3.06. The van der Waals surface area contributed by atoms with Gasteiger partial charge in [0.1, 0.15) is 11.6 Å². The van der Waals surface area contributed by atoms with Gasteiger partial charge in [-0.15, -0.1) is 10.2 Å². The van der Waals surface area contributed by atoms with Gasteiger partial charge in [-0.3, -0.25) is 4.90 Å². The molecule has 0 saturated carbocycles. The highest BCUT2D eigenvalue weighted by atomic mass is 15.3. The summed E-state index contributed by atoms with van der Waals surface area (Å²) in [6, 6.07) is 0.716. The highest BCUT2D eigenvalue weighted by Gasteiger charge is 2.22. The van der Waals surface area contributed by atoms with Crippen LogP contribution in [0.1, 0.15) is 44.3 Å². The third-order valence-corrected chi connectivity index (χ3v) is 4.50. The van der Waals surface area contributed by atoms with Crippen molar-refractivity contribution in [3.63, 3.8) is 0 Å². The summed E-state index contributed by atoms with van der Waals surface area (Å²) in [5.74, 6) is 2.30. The molecule has 0 bridgehead atoms. The molecule has 0 amide bonds. The molecule has 5 heteroatoms. The van der Waals surface area contributed by atoms with Crippen LogP contribution in [0, 0.1) is 0 Å². The van der Waals surface area contributed by atoms with Crippen LogP contribution in [-0.4, -0.2) is 45.3 Å². The zero-order chi connectivity index (χ0) is 13.1. The van der Waals surface area contributed by atoms with Crippen LogP contribution in [0.5, 0.6) is 0 Å². The van der Waals surface area contributed by atoms with E-state index in [1.165, 1.54) is 44.6 Å². The van der Waals surface area contributed by atoms with Crippen molar-refractivity contribution >= 4 is 0 Å². The van der Waals surface area contributed by atoms with Crippen molar-refractivity contribution < 1.29 is 0 Å². The maximum Gasteiger partial charge on any atom is 0.147 e. The van der Waals surface area contributed by atoms with Crippen molar-refractivity contribution in [1.82, 2.24) is 25.0 Å². The van der Waals surface area contributed by atoms with Crippen molar-refractivity contribution in [2.24, 2.45) is 0 Å². The summed E-state index contributed by atoms with van der Waals surface area (Å²) in [7, 11) is 0. The number of nitrogens with zero attached hydrogens (tertiary/aromatic N) is 4. The largest absolute Gasteiger partial charge is 0.314 e. The van der Waals surface area contributed by atoms with Crippen LogP contribution in [0.2, 0.25) is 0 Å². The minimum atomic E-state index is 0.716. The molecule has 0 aromatic carbocycles. The standard InChI is InChI=1S/C14H25N5/c1-2-18-8-5-6-12(18)10-15-11-14-17-16-13-7-3-4-9-19(13)14/h12,15H,2-11H2,1H3. The second kappa shape index (κ2) is 6.01. The van der Waals surface area contributed by atoms with Gasteiger partial charge in [0.25, 0.3) is 0 Å². The average molecular weight is 263 g/mol. The van der Waals surface area contributed by atoms with Crippen LogP contribution in [0.3, 0.4) is 0 Å². The van der Waals surface area contributed by atoms with Crippen molar-refractivity contribution in [3.05, 3.63) is 11.6 Å². The minimum absolute atomic E-state index is 0.716. The highest BCUT2D eigenvalue weighted by molar-refractivity contribution is 4.98. The Balaban J connectivity index is 1.51. The van der Waals surface area contributed by atoms with Gasteiger partial charge in [-0.2, -0.15) is 0 Å². The van der Waals surface area contributed by atoms with Crippen molar-refractivity contribution in [2.45, 2.75) is 58.2 Å². The molecule has 19 heavy (non-hydrogen) atoms. The fraction of sp³-hybridized carbons (Fsp3) is 0.857. The van der Waals surface area contributed by atoms with Crippen LogP contribution < -0.4 is 5.32 Å². The molecule has 1 atom stereocenters. The predicted molar refractivity (Wildman–Crippen MR) is 74.9 cm³/mol. The van der Waals surface area contributed by atoms with Crippen LogP contribution in [0.4, 0.5) is 0 Å². The van der Waals surface area contributed by atoms with Gasteiger partial charge >= 0.3 is 0 Å². The Kier molecular flexibility index (Phi) is 4.13. The molecule has 2 aliphatic rings. The maximum absolute atomic E-state index is 4.34. The Labute approximate surface area is 115 Å². The summed E-state index contributed by atoms with van der Waals surface area (Å²) < 4.78 is 2.31. The van der Waals surface area contributed by atoms with E-state index >= 15 is 0 Å². The van der Waals surface area contributed by atoms with E-state index < -0.39 is 0 Å². The normalized spacial score (nSPS) is 23.7.